The van der Waals surface area contributed by atoms with Crippen molar-refractivity contribution in [1.29, 1.82) is 0 Å². The molecule has 0 bridgehead atoms. The molecule has 0 spiro atoms. The molecule has 0 aromatic heterocycles. The van der Waals surface area contributed by atoms with Gasteiger partial charge in [-0.3, -0.25) is 14.9 Å². The molecule has 22 heavy (non-hydrogen) atoms. The van der Waals surface area contributed by atoms with E-state index >= 15 is 0 Å². The second kappa shape index (κ2) is 8.13. The van der Waals surface area contributed by atoms with Gasteiger partial charge >= 0.3 is 0 Å². The first-order valence-corrected chi connectivity index (χ1v) is 8.18. The number of carbonyl (C=O) groups is 1. The van der Waals surface area contributed by atoms with Gasteiger partial charge in [-0.2, -0.15) is 0 Å². The molecule has 6 heteroatoms. The number of nitro benzene ring substituents is 1. The SMILES string of the molecule is O=C(NCCC1CCCCCC1)c1cc([N+](=O)[O-])ccc1Cl. The van der Waals surface area contributed by atoms with Crippen molar-refractivity contribution in [2.24, 2.45) is 5.92 Å². The predicted octanol–water partition coefficient (Wildman–Crippen LogP) is 4.34. The van der Waals surface area contributed by atoms with E-state index in [4.69, 9.17) is 11.6 Å². The Morgan fingerprint density at radius 3 is 2.59 bits per heavy atom. The van der Waals surface area contributed by atoms with Crippen molar-refractivity contribution >= 4 is 23.2 Å². The normalized spacial score (nSPS) is 16.0. The Kier molecular flexibility index (Phi) is 6.19. The minimum Gasteiger partial charge on any atom is -0.352 e. The van der Waals surface area contributed by atoms with Gasteiger partial charge in [0.25, 0.3) is 11.6 Å². The van der Waals surface area contributed by atoms with E-state index in [-0.39, 0.29) is 22.2 Å². The molecule has 120 valence electrons. The first kappa shape index (κ1) is 16.7. The molecule has 1 aromatic rings. The maximum absolute atomic E-state index is 12.1. The van der Waals surface area contributed by atoms with Crippen LogP contribution >= 0.6 is 11.6 Å². The van der Waals surface area contributed by atoms with Crippen LogP contribution in [0, 0.1) is 16.0 Å². The summed E-state index contributed by atoms with van der Waals surface area (Å²) in [5, 5.41) is 13.8. The van der Waals surface area contributed by atoms with Gasteiger partial charge in [0.2, 0.25) is 0 Å². The van der Waals surface area contributed by atoms with E-state index in [1.807, 2.05) is 0 Å². The first-order chi connectivity index (χ1) is 10.6. The molecule has 2 rings (SSSR count). The highest BCUT2D eigenvalue weighted by Crippen LogP contribution is 2.25. The van der Waals surface area contributed by atoms with E-state index in [1.54, 1.807) is 0 Å². The molecule has 1 aromatic carbocycles. The van der Waals surface area contributed by atoms with Gasteiger partial charge in [0.15, 0.2) is 0 Å². The standard InChI is InChI=1S/C16H21ClN2O3/c17-15-8-7-13(19(21)22)11-14(15)16(20)18-10-9-12-5-3-1-2-4-6-12/h7-8,11-12H,1-6,9-10H2,(H,18,20). The molecule has 0 radical (unpaired) electrons. The number of benzene rings is 1. The van der Waals surface area contributed by atoms with Crippen LogP contribution in [-0.4, -0.2) is 17.4 Å². The summed E-state index contributed by atoms with van der Waals surface area (Å²) >= 11 is 5.96. The maximum atomic E-state index is 12.1. The second-order valence-corrected chi connectivity index (χ2v) is 6.23. The predicted molar refractivity (Wildman–Crippen MR) is 86.2 cm³/mol. The van der Waals surface area contributed by atoms with Crippen molar-refractivity contribution in [3.63, 3.8) is 0 Å². The Hall–Kier alpha value is -1.62. The summed E-state index contributed by atoms with van der Waals surface area (Å²) in [7, 11) is 0. The van der Waals surface area contributed by atoms with Crippen molar-refractivity contribution < 1.29 is 9.72 Å². The number of hydrogen-bond acceptors (Lipinski definition) is 3. The number of carbonyl (C=O) groups excluding carboxylic acids is 1. The molecule has 1 saturated carbocycles. The molecule has 0 saturated heterocycles. The highest BCUT2D eigenvalue weighted by molar-refractivity contribution is 6.33. The van der Waals surface area contributed by atoms with Crippen LogP contribution in [0.25, 0.3) is 0 Å². The number of non-ortho nitro benzene ring substituents is 1. The Morgan fingerprint density at radius 2 is 1.95 bits per heavy atom. The highest BCUT2D eigenvalue weighted by atomic mass is 35.5. The van der Waals surface area contributed by atoms with Gasteiger partial charge in [0.1, 0.15) is 0 Å². The van der Waals surface area contributed by atoms with Crippen molar-refractivity contribution in [2.45, 2.75) is 44.9 Å². The summed E-state index contributed by atoms with van der Waals surface area (Å²) in [5.74, 6) is 0.325. The van der Waals surface area contributed by atoms with Crippen LogP contribution in [0.3, 0.4) is 0 Å². The number of halogens is 1. The average molecular weight is 325 g/mol. The molecule has 1 N–H and O–H groups in total. The topological polar surface area (TPSA) is 72.2 Å². The van der Waals surface area contributed by atoms with Crippen LogP contribution < -0.4 is 5.32 Å². The van der Waals surface area contributed by atoms with Gasteiger partial charge in [-0.05, 0) is 18.4 Å². The average Bonchev–Trinajstić information content (AvgIpc) is 2.76. The van der Waals surface area contributed by atoms with Gasteiger partial charge in [0, 0.05) is 18.7 Å². The Labute approximate surface area is 135 Å². The molecule has 1 fully saturated rings. The van der Waals surface area contributed by atoms with Crippen LogP contribution in [0.4, 0.5) is 5.69 Å². The first-order valence-electron chi connectivity index (χ1n) is 7.80. The lowest BCUT2D eigenvalue weighted by Crippen LogP contribution is -2.26. The van der Waals surface area contributed by atoms with Crippen LogP contribution in [0.2, 0.25) is 5.02 Å². The van der Waals surface area contributed by atoms with E-state index in [2.05, 4.69) is 5.32 Å². The Morgan fingerprint density at radius 1 is 1.27 bits per heavy atom. The van der Waals surface area contributed by atoms with Crippen molar-refractivity contribution in [1.82, 2.24) is 5.32 Å². The van der Waals surface area contributed by atoms with Gasteiger partial charge in [-0.25, -0.2) is 0 Å². The molecular formula is C16H21ClN2O3. The molecule has 1 amide bonds. The van der Waals surface area contributed by atoms with Gasteiger partial charge in [0.05, 0.1) is 15.5 Å². The molecule has 1 aliphatic rings. The third-order valence-electron chi connectivity index (χ3n) is 4.22. The number of nitrogens with one attached hydrogen (secondary N) is 1. The highest BCUT2D eigenvalue weighted by Gasteiger charge is 2.17. The van der Waals surface area contributed by atoms with E-state index in [9.17, 15) is 14.9 Å². The quantitative estimate of drug-likeness (QED) is 0.497. The van der Waals surface area contributed by atoms with Crippen LogP contribution in [0.5, 0.6) is 0 Å². The number of hydrogen-bond donors (Lipinski definition) is 1. The number of rotatable bonds is 5. The lowest BCUT2D eigenvalue weighted by molar-refractivity contribution is -0.384. The summed E-state index contributed by atoms with van der Waals surface area (Å²) in [6, 6.07) is 3.91. The van der Waals surface area contributed by atoms with Crippen LogP contribution in [-0.2, 0) is 0 Å². The number of nitro groups is 1. The smallest absolute Gasteiger partial charge is 0.270 e. The fraction of sp³-hybridized carbons (Fsp3) is 0.562. The largest absolute Gasteiger partial charge is 0.352 e. The van der Waals surface area contributed by atoms with Crippen LogP contribution in [0.1, 0.15) is 55.3 Å². The third kappa shape index (κ3) is 4.70. The Bertz CT molecular complexity index is 540. The minimum absolute atomic E-state index is 0.127. The van der Waals surface area contributed by atoms with E-state index < -0.39 is 4.92 Å². The molecule has 5 nitrogen and oxygen atoms in total. The van der Waals surface area contributed by atoms with Crippen LogP contribution in [0.15, 0.2) is 18.2 Å². The van der Waals surface area contributed by atoms with Crippen molar-refractivity contribution in [3.05, 3.63) is 38.9 Å². The monoisotopic (exact) mass is 324 g/mol. The molecule has 0 aliphatic heterocycles. The lowest BCUT2D eigenvalue weighted by Gasteiger charge is -2.14. The molecule has 0 heterocycles. The fourth-order valence-electron chi connectivity index (χ4n) is 2.94. The third-order valence-corrected chi connectivity index (χ3v) is 4.55. The number of amides is 1. The maximum Gasteiger partial charge on any atom is 0.270 e. The molecular weight excluding hydrogens is 304 g/mol. The van der Waals surface area contributed by atoms with Crippen molar-refractivity contribution in [2.75, 3.05) is 6.54 Å². The zero-order valence-electron chi connectivity index (χ0n) is 12.5. The van der Waals surface area contributed by atoms with Gasteiger partial charge < -0.3 is 5.32 Å². The summed E-state index contributed by atoms with van der Waals surface area (Å²) in [4.78, 5) is 22.4. The molecule has 0 unspecified atom stereocenters. The summed E-state index contributed by atoms with van der Waals surface area (Å²) in [6.45, 7) is 0.586. The van der Waals surface area contributed by atoms with Gasteiger partial charge in [-0.1, -0.05) is 50.1 Å². The van der Waals surface area contributed by atoms with E-state index in [0.29, 0.717) is 12.5 Å². The number of nitrogens with zero attached hydrogens (tertiary/aromatic N) is 1. The summed E-state index contributed by atoms with van der Waals surface area (Å²) in [6.07, 6.45) is 8.59. The fourth-order valence-corrected chi connectivity index (χ4v) is 3.14. The lowest BCUT2D eigenvalue weighted by atomic mass is 9.97. The van der Waals surface area contributed by atoms with Gasteiger partial charge in [-0.15, -0.1) is 0 Å². The zero-order valence-corrected chi connectivity index (χ0v) is 13.3. The molecule has 0 atom stereocenters. The summed E-state index contributed by atoms with van der Waals surface area (Å²) in [5.41, 5.74) is 0.0371. The van der Waals surface area contributed by atoms with E-state index in [1.165, 1.54) is 56.7 Å². The zero-order chi connectivity index (χ0) is 15.9. The van der Waals surface area contributed by atoms with Crippen molar-refractivity contribution in [3.8, 4) is 0 Å². The summed E-state index contributed by atoms with van der Waals surface area (Å²) < 4.78 is 0. The minimum atomic E-state index is -0.529. The Balaban J connectivity index is 1.89. The molecule has 1 aliphatic carbocycles. The van der Waals surface area contributed by atoms with E-state index in [0.717, 1.165) is 6.42 Å². The second-order valence-electron chi connectivity index (χ2n) is 5.82.